The summed E-state index contributed by atoms with van der Waals surface area (Å²) in [5.74, 6) is -1.30. The van der Waals surface area contributed by atoms with Crippen LogP contribution in [0.25, 0.3) is 0 Å². The monoisotopic (exact) mass is 373 g/mol. The Balaban J connectivity index is 2.96. The van der Waals surface area contributed by atoms with E-state index in [0.29, 0.717) is 17.3 Å². The second-order valence-corrected chi connectivity index (χ2v) is 8.30. The molecule has 0 spiro atoms. The normalized spacial score (nSPS) is 11.9. The second kappa shape index (κ2) is 6.58. The summed E-state index contributed by atoms with van der Waals surface area (Å²) >= 11 is 3.14. The molecule has 7 heteroatoms. The van der Waals surface area contributed by atoms with Gasteiger partial charge in [-0.15, -0.1) is 0 Å². The fourth-order valence-corrected chi connectivity index (χ4v) is 4.15. The molecule has 5 nitrogen and oxygen atoms in total. The van der Waals surface area contributed by atoms with E-state index in [0.717, 1.165) is 6.07 Å². The third kappa shape index (κ3) is 4.83. The third-order valence-electron chi connectivity index (χ3n) is 3.03. The molecule has 0 unspecified atom stereocenters. The van der Waals surface area contributed by atoms with Crippen LogP contribution in [-0.4, -0.2) is 25.2 Å². The van der Waals surface area contributed by atoms with Crippen molar-refractivity contribution in [2.75, 3.05) is 5.75 Å². The fraction of sp³-hybridized carbons (Fsp3) is 0.429. The molecule has 0 saturated heterocycles. The number of sulfone groups is 1. The van der Waals surface area contributed by atoms with Gasteiger partial charge >= 0.3 is 5.97 Å². The molecule has 114 valence electrons. The number of halogens is 1. The van der Waals surface area contributed by atoms with Gasteiger partial charge in [-0.05, 0) is 60.8 Å². The highest BCUT2D eigenvalue weighted by atomic mass is 79.9. The average Bonchev–Trinajstić information content (AvgIpc) is 2.38. The van der Waals surface area contributed by atoms with Gasteiger partial charge in [-0.25, -0.2) is 13.2 Å². The molecule has 0 radical (unpaired) electrons. The minimum atomic E-state index is -3.60. The number of hydrogen-bond acceptors (Lipinski definition) is 4. The third-order valence-corrected chi connectivity index (χ3v) is 5.82. The van der Waals surface area contributed by atoms with E-state index in [1.807, 2.05) is 0 Å². The molecule has 1 aromatic rings. The van der Waals surface area contributed by atoms with Crippen molar-refractivity contribution in [3.8, 4) is 6.07 Å². The van der Waals surface area contributed by atoms with Crippen molar-refractivity contribution in [3.05, 3.63) is 28.2 Å². The molecule has 1 aromatic carbocycles. The lowest BCUT2D eigenvalue weighted by Crippen LogP contribution is -2.13. The maximum absolute atomic E-state index is 12.3. The van der Waals surface area contributed by atoms with Crippen molar-refractivity contribution >= 4 is 31.7 Å². The fourth-order valence-electron chi connectivity index (χ4n) is 1.74. The standard InChI is InChI=1S/C14H16BrNO4S/c1-14(2,9-16)6-3-7-21(19,20)12-8-10(13(17)18)4-5-11(12)15/h4-5,8H,3,6-7H2,1-2H3,(H,17,18). The Bertz CT molecular complexity index is 689. The molecule has 21 heavy (non-hydrogen) atoms. The zero-order valence-corrected chi connectivity index (χ0v) is 14.2. The van der Waals surface area contributed by atoms with Crippen molar-refractivity contribution in [1.82, 2.24) is 0 Å². The summed E-state index contributed by atoms with van der Waals surface area (Å²) in [5, 5.41) is 17.8. The number of benzene rings is 1. The Morgan fingerprint density at radius 1 is 1.43 bits per heavy atom. The van der Waals surface area contributed by atoms with Crippen LogP contribution in [0, 0.1) is 16.7 Å². The van der Waals surface area contributed by atoms with E-state index in [-0.39, 0.29) is 16.2 Å². The van der Waals surface area contributed by atoms with Crippen LogP contribution in [0.15, 0.2) is 27.6 Å². The van der Waals surface area contributed by atoms with Crippen molar-refractivity contribution in [1.29, 1.82) is 5.26 Å². The Labute approximate surface area is 132 Å². The zero-order chi connectivity index (χ0) is 16.3. The molecule has 0 fully saturated rings. The second-order valence-electron chi connectivity index (χ2n) is 5.37. The highest BCUT2D eigenvalue weighted by Gasteiger charge is 2.22. The quantitative estimate of drug-likeness (QED) is 0.825. The van der Waals surface area contributed by atoms with Crippen LogP contribution in [0.2, 0.25) is 0 Å². The van der Waals surface area contributed by atoms with Crippen LogP contribution in [0.1, 0.15) is 37.0 Å². The molecule has 0 amide bonds. The van der Waals surface area contributed by atoms with Gasteiger partial charge in [0.05, 0.1) is 27.7 Å². The first-order valence-corrected chi connectivity index (χ1v) is 8.70. The first-order chi connectivity index (χ1) is 9.59. The van der Waals surface area contributed by atoms with Crippen LogP contribution in [-0.2, 0) is 9.84 Å². The van der Waals surface area contributed by atoms with E-state index < -0.39 is 21.2 Å². The Hall–Kier alpha value is -1.39. The summed E-state index contributed by atoms with van der Waals surface area (Å²) in [4.78, 5) is 10.9. The molecular formula is C14H16BrNO4S. The van der Waals surface area contributed by atoms with Crippen LogP contribution < -0.4 is 0 Å². The van der Waals surface area contributed by atoms with Crippen molar-refractivity contribution < 1.29 is 18.3 Å². The lowest BCUT2D eigenvalue weighted by Gasteiger charge is -2.14. The SMILES string of the molecule is CC(C)(C#N)CCCS(=O)(=O)c1cc(C(=O)O)ccc1Br. The van der Waals surface area contributed by atoms with E-state index in [4.69, 9.17) is 10.4 Å². The van der Waals surface area contributed by atoms with Gasteiger partial charge in [0.25, 0.3) is 0 Å². The van der Waals surface area contributed by atoms with Gasteiger partial charge in [0, 0.05) is 4.47 Å². The summed E-state index contributed by atoms with van der Waals surface area (Å²) < 4.78 is 24.9. The lowest BCUT2D eigenvalue weighted by atomic mass is 9.90. The molecular weight excluding hydrogens is 358 g/mol. The Morgan fingerprint density at radius 3 is 2.57 bits per heavy atom. The zero-order valence-electron chi connectivity index (χ0n) is 11.8. The van der Waals surface area contributed by atoms with Crippen LogP contribution in [0.5, 0.6) is 0 Å². The predicted molar refractivity (Wildman–Crippen MR) is 81.8 cm³/mol. The molecule has 0 heterocycles. The Morgan fingerprint density at radius 2 is 2.05 bits per heavy atom. The molecule has 1 rings (SSSR count). The first-order valence-electron chi connectivity index (χ1n) is 6.26. The Kier molecular flexibility index (Phi) is 5.54. The van der Waals surface area contributed by atoms with E-state index in [2.05, 4.69) is 22.0 Å². The highest BCUT2D eigenvalue weighted by molar-refractivity contribution is 9.10. The number of carbonyl (C=O) groups is 1. The van der Waals surface area contributed by atoms with E-state index in [1.54, 1.807) is 13.8 Å². The smallest absolute Gasteiger partial charge is 0.335 e. The maximum Gasteiger partial charge on any atom is 0.335 e. The predicted octanol–water partition coefficient (Wildman–Crippen LogP) is 3.25. The summed E-state index contributed by atoms with van der Waals surface area (Å²) in [5.41, 5.74) is -0.649. The first kappa shape index (κ1) is 17.7. The van der Waals surface area contributed by atoms with Gasteiger partial charge in [0.1, 0.15) is 0 Å². The number of hydrogen-bond donors (Lipinski definition) is 1. The van der Waals surface area contributed by atoms with Gasteiger partial charge < -0.3 is 5.11 Å². The van der Waals surface area contributed by atoms with Gasteiger partial charge in [0.15, 0.2) is 9.84 Å². The van der Waals surface area contributed by atoms with Gasteiger partial charge in [0.2, 0.25) is 0 Å². The summed E-state index contributed by atoms with van der Waals surface area (Å²) in [6, 6.07) is 6.02. The van der Waals surface area contributed by atoms with Crippen LogP contribution in [0.3, 0.4) is 0 Å². The maximum atomic E-state index is 12.3. The molecule has 0 atom stereocenters. The number of carboxylic acids is 1. The average molecular weight is 374 g/mol. The number of nitrogens with zero attached hydrogens (tertiary/aromatic N) is 1. The molecule has 1 N–H and O–H groups in total. The van der Waals surface area contributed by atoms with E-state index in [1.165, 1.54) is 12.1 Å². The van der Waals surface area contributed by atoms with Crippen molar-refractivity contribution in [2.45, 2.75) is 31.6 Å². The minimum Gasteiger partial charge on any atom is -0.478 e. The molecule has 0 aliphatic carbocycles. The number of rotatable bonds is 6. The summed E-state index contributed by atoms with van der Waals surface area (Å²) in [6.07, 6.45) is 0.797. The molecule has 0 aromatic heterocycles. The highest BCUT2D eigenvalue weighted by Crippen LogP contribution is 2.27. The van der Waals surface area contributed by atoms with Gasteiger partial charge in [-0.2, -0.15) is 5.26 Å². The molecule has 0 aliphatic rings. The van der Waals surface area contributed by atoms with Crippen LogP contribution in [0.4, 0.5) is 0 Å². The number of nitriles is 1. The largest absolute Gasteiger partial charge is 0.478 e. The molecule has 0 bridgehead atoms. The summed E-state index contributed by atoms with van der Waals surface area (Å²) in [6.45, 7) is 3.50. The topological polar surface area (TPSA) is 95.2 Å². The van der Waals surface area contributed by atoms with Crippen molar-refractivity contribution in [3.63, 3.8) is 0 Å². The van der Waals surface area contributed by atoms with E-state index >= 15 is 0 Å². The molecule has 0 aliphatic heterocycles. The number of aromatic carboxylic acids is 1. The molecule has 0 saturated carbocycles. The van der Waals surface area contributed by atoms with Gasteiger partial charge in [-0.1, -0.05) is 0 Å². The van der Waals surface area contributed by atoms with Crippen molar-refractivity contribution in [2.24, 2.45) is 5.41 Å². The summed E-state index contributed by atoms with van der Waals surface area (Å²) in [7, 11) is -3.60. The van der Waals surface area contributed by atoms with Gasteiger partial charge in [-0.3, -0.25) is 0 Å². The number of carboxylic acid groups (broad SMARTS) is 1. The lowest BCUT2D eigenvalue weighted by molar-refractivity contribution is 0.0696. The van der Waals surface area contributed by atoms with Crippen LogP contribution >= 0.6 is 15.9 Å². The minimum absolute atomic E-state index is 0.0304. The van der Waals surface area contributed by atoms with E-state index in [9.17, 15) is 13.2 Å².